The molecule has 0 radical (unpaired) electrons. The Labute approximate surface area is 162 Å². The van der Waals surface area contributed by atoms with Gasteiger partial charge in [-0.1, -0.05) is 43.3 Å². The average molecular weight is 393 g/mol. The molecule has 6 heteroatoms. The van der Waals surface area contributed by atoms with Crippen LogP contribution in [0.5, 0.6) is 5.75 Å². The summed E-state index contributed by atoms with van der Waals surface area (Å²) in [7, 11) is -3.73. The van der Waals surface area contributed by atoms with Gasteiger partial charge in [0.2, 0.25) is 0 Å². The third-order valence-corrected chi connectivity index (χ3v) is 5.25. The predicted octanol–water partition coefficient (Wildman–Crippen LogP) is 4.49. The Kier molecular flexibility index (Phi) is 8.78. The van der Waals surface area contributed by atoms with Gasteiger partial charge in [0.15, 0.2) is 0 Å². The Hall–Kier alpha value is -1.89. The fourth-order valence-corrected chi connectivity index (χ4v) is 3.41. The molecule has 0 aliphatic carbocycles. The topological polar surface area (TPSA) is 61.8 Å². The minimum Gasteiger partial charge on any atom is -0.493 e. The summed E-state index contributed by atoms with van der Waals surface area (Å²) in [5.41, 5.74) is 2.05. The van der Waals surface area contributed by atoms with Crippen LogP contribution >= 0.6 is 0 Å². The Morgan fingerprint density at radius 3 is 2.41 bits per heavy atom. The summed E-state index contributed by atoms with van der Waals surface area (Å²) >= 11 is 0. The molecule has 0 amide bonds. The molecule has 0 aliphatic rings. The van der Waals surface area contributed by atoms with Gasteiger partial charge in [-0.2, -0.15) is 8.42 Å². The zero-order valence-corrected chi connectivity index (χ0v) is 16.8. The molecule has 0 saturated carbocycles. The molecule has 0 aliphatic heterocycles. The first-order valence-electron chi connectivity index (χ1n) is 9.27. The van der Waals surface area contributed by atoms with E-state index in [9.17, 15) is 8.42 Å². The first-order chi connectivity index (χ1) is 13.0. The Morgan fingerprint density at radius 1 is 0.926 bits per heavy atom. The molecule has 5 nitrogen and oxygen atoms in total. The summed E-state index contributed by atoms with van der Waals surface area (Å²) in [6.07, 6.45) is 2.35. The van der Waals surface area contributed by atoms with Crippen LogP contribution in [0.15, 0.2) is 53.4 Å². The normalized spacial score (nSPS) is 11.5. The third kappa shape index (κ3) is 7.33. The Morgan fingerprint density at radius 2 is 1.67 bits per heavy atom. The highest BCUT2D eigenvalue weighted by atomic mass is 32.2. The van der Waals surface area contributed by atoms with Gasteiger partial charge in [-0.3, -0.25) is 4.18 Å². The van der Waals surface area contributed by atoms with Gasteiger partial charge in [-0.05, 0) is 43.4 Å². The van der Waals surface area contributed by atoms with Crippen LogP contribution in [-0.4, -0.2) is 28.2 Å². The molecule has 0 fully saturated rings. The van der Waals surface area contributed by atoms with Crippen molar-refractivity contribution >= 4 is 10.1 Å². The molecular weight excluding hydrogens is 364 g/mol. The number of benzene rings is 2. The second-order valence-electron chi connectivity index (χ2n) is 6.30. The zero-order chi connectivity index (χ0) is 19.5. The quantitative estimate of drug-likeness (QED) is 0.393. The number of rotatable bonds is 12. The summed E-state index contributed by atoms with van der Waals surface area (Å²) in [5, 5.41) is 0. The molecule has 0 N–H and O–H groups in total. The highest BCUT2D eigenvalue weighted by molar-refractivity contribution is 7.86. The van der Waals surface area contributed by atoms with Crippen LogP contribution in [0.25, 0.3) is 0 Å². The smallest absolute Gasteiger partial charge is 0.297 e. The molecule has 0 heterocycles. The van der Waals surface area contributed by atoms with E-state index in [1.54, 1.807) is 12.1 Å². The summed E-state index contributed by atoms with van der Waals surface area (Å²) < 4.78 is 40.6. The molecule has 2 aromatic rings. The van der Waals surface area contributed by atoms with Crippen LogP contribution in [0.4, 0.5) is 0 Å². The van der Waals surface area contributed by atoms with Crippen molar-refractivity contribution < 1.29 is 22.1 Å². The second kappa shape index (κ2) is 11.1. The van der Waals surface area contributed by atoms with E-state index in [0.717, 1.165) is 24.0 Å². The number of hydrogen-bond acceptors (Lipinski definition) is 5. The number of aryl methyl sites for hydroxylation is 1. The first-order valence-corrected chi connectivity index (χ1v) is 10.7. The minimum atomic E-state index is -3.73. The third-order valence-electron chi connectivity index (χ3n) is 3.94. The maximum absolute atomic E-state index is 12.1. The molecule has 0 aromatic heterocycles. The van der Waals surface area contributed by atoms with Crippen LogP contribution in [0.1, 0.15) is 37.3 Å². The van der Waals surface area contributed by atoms with Crippen molar-refractivity contribution in [2.24, 2.45) is 0 Å². The van der Waals surface area contributed by atoms with Gasteiger partial charge in [0.25, 0.3) is 10.1 Å². The van der Waals surface area contributed by atoms with Crippen LogP contribution in [-0.2, 0) is 25.6 Å². The van der Waals surface area contributed by atoms with E-state index >= 15 is 0 Å². The van der Waals surface area contributed by atoms with E-state index < -0.39 is 10.1 Å². The zero-order valence-electron chi connectivity index (χ0n) is 16.0. The fraction of sp³-hybridized carbons (Fsp3) is 0.429. The summed E-state index contributed by atoms with van der Waals surface area (Å²) in [6, 6.07) is 14.9. The second-order valence-corrected chi connectivity index (χ2v) is 7.91. The molecule has 0 spiro atoms. The number of hydrogen-bond donors (Lipinski definition) is 0. The van der Waals surface area contributed by atoms with Crippen molar-refractivity contribution in [1.29, 1.82) is 0 Å². The van der Waals surface area contributed by atoms with Crippen LogP contribution < -0.4 is 4.74 Å². The number of unbranched alkanes of at least 4 members (excludes halogenated alkanes) is 1. The van der Waals surface area contributed by atoms with Gasteiger partial charge in [0.1, 0.15) is 5.75 Å². The highest BCUT2D eigenvalue weighted by Crippen LogP contribution is 2.24. The summed E-state index contributed by atoms with van der Waals surface area (Å²) in [4.78, 5) is 0.128. The standard InChI is InChI=1S/C21H28O5S/c1-3-13-26-27(22,23)20-12-11-18(2)21(16-20)25-15-8-7-14-24-17-19-9-5-4-6-10-19/h4-6,9-12,16H,3,7-8,13-15,17H2,1-2H3. The van der Waals surface area contributed by atoms with Crippen molar-refractivity contribution in [2.75, 3.05) is 19.8 Å². The molecular formula is C21H28O5S. The summed E-state index contributed by atoms with van der Waals surface area (Å²) in [5.74, 6) is 0.571. The van der Waals surface area contributed by atoms with E-state index in [-0.39, 0.29) is 11.5 Å². The largest absolute Gasteiger partial charge is 0.493 e. The van der Waals surface area contributed by atoms with E-state index in [1.807, 2.05) is 44.2 Å². The highest BCUT2D eigenvalue weighted by Gasteiger charge is 2.16. The van der Waals surface area contributed by atoms with E-state index in [4.69, 9.17) is 13.7 Å². The van der Waals surface area contributed by atoms with Gasteiger partial charge >= 0.3 is 0 Å². The van der Waals surface area contributed by atoms with Crippen LogP contribution in [0.3, 0.4) is 0 Å². The van der Waals surface area contributed by atoms with Crippen molar-refractivity contribution in [3.63, 3.8) is 0 Å². The van der Waals surface area contributed by atoms with Gasteiger partial charge in [0, 0.05) is 12.7 Å². The maximum Gasteiger partial charge on any atom is 0.297 e. The Bertz CT molecular complexity index is 787. The molecule has 0 saturated heterocycles. The SMILES string of the molecule is CCCOS(=O)(=O)c1ccc(C)c(OCCCCOCc2ccccc2)c1. The lowest BCUT2D eigenvalue weighted by Crippen LogP contribution is -2.08. The van der Waals surface area contributed by atoms with E-state index in [1.165, 1.54) is 6.07 Å². The van der Waals surface area contributed by atoms with Crippen molar-refractivity contribution in [3.8, 4) is 5.75 Å². The van der Waals surface area contributed by atoms with Crippen molar-refractivity contribution in [1.82, 2.24) is 0 Å². The van der Waals surface area contributed by atoms with Gasteiger partial charge in [-0.25, -0.2) is 0 Å². The van der Waals surface area contributed by atoms with E-state index in [0.29, 0.717) is 32.0 Å². The van der Waals surface area contributed by atoms with E-state index in [2.05, 4.69) is 0 Å². The predicted molar refractivity (Wildman–Crippen MR) is 105 cm³/mol. The lowest BCUT2D eigenvalue weighted by atomic mass is 10.2. The molecule has 2 rings (SSSR count). The van der Waals surface area contributed by atoms with Gasteiger partial charge in [0.05, 0.1) is 24.7 Å². The minimum absolute atomic E-state index is 0.128. The molecule has 0 unspecified atom stereocenters. The lowest BCUT2D eigenvalue weighted by molar-refractivity contribution is 0.113. The van der Waals surface area contributed by atoms with Crippen LogP contribution in [0, 0.1) is 6.92 Å². The Balaban J connectivity index is 1.74. The van der Waals surface area contributed by atoms with Crippen LogP contribution in [0.2, 0.25) is 0 Å². The summed E-state index contributed by atoms with van der Waals surface area (Å²) in [6.45, 7) is 5.71. The molecule has 27 heavy (non-hydrogen) atoms. The maximum atomic E-state index is 12.1. The fourth-order valence-electron chi connectivity index (χ4n) is 2.41. The molecule has 0 bridgehead atoms. The molecule has 0 atom stereocenters. The molecule has 2 aromatic carbocycles. The average Bonchev–Trinajstić information content (AvgIpc) is 2.67. The van der Waals surface area contributed by atoms with Crippen molar-refractivity contribution in [3.05, 3.63) is 59.7 Å². The van der Waals surface area contributed by atoms with Crippen molar-refractivity contribution in [2.45, 2.75) is 44.6 Å². The lowest BCUT2D eigenvalue weighted by Gasteiger charge is -2.11. The van der Waals surface area contributed by atoms with Gasteiger partial charge in [-0.15, -0.1) is 0 Å². The number of ether oxygens (including phenoxy) is 2. The molecule has 148 valence electrons. The van der Waals surface area contributed by atoms with Gasteiger partial charge < -0.3 is 9.47 Å². The first kappa shape index (κ1) is 21.4. The monoisotopic (exact) mass is 392 g/mol.